The van der Waals surface area contributed by atoms with Crippen LogP contribution in [0.1, 0.15) is 44.4 Å². The lowest BCUT2D eigenvalue weighted by atomic mass is 9.94. The SMILES string of the molecule is CCCc1ccc([C@H]([NH2+]CC(=O)NCC(=O)N(C)C)C(C)C)cc1. The Balaban J connectivity index is 2.57. The van der Waals surface area contributed by atoms with Crippen molar-refractivity contribution in [1.29, 1.82) is 0 Å². The van der Waals surface area contributed by atoms with E-state index in [-0.39, 0.29) is 24.4 Å². The van der Waals surface area contributed by atoms with Crippen molar-refractivity contribution in [1.82, 2.24) is 10.2 Å². The van der Waals surface area contributed by atoms with E-state index in [1.165, 1.54) is 16.0 Å². The minimum Gasteiger partial charge on any atom is -0.347 e. The van der Waals surface area contributed by atoms with Gasteiger partial charge in [-0.3, -0.25) is 9.59 Å². The van der Waals surface area contributed by atoms with Crippen LogP contribution in [0.4, 0.5) is 0 Å². The minimum absolute atomic E-state index is 0.0533. The molecule has 0 fully saturated rings. The van der Waals surface area contributed by atoms with Crippen LogP contribution >= 0.6 is 0 Å². The summed E-state index contributed by atoms with van der Waals surface area (Å²) < 4.78 is 0. The molecule has 2 amide bonds. The fourth-order valence-electron chi connectivity index (χ4n) is 2.63. The number of rotatable bonds is 9. The lowest BCUT2D eigenvalue weighted by Crippen LogP contribution is -2.88. The van der Waals surface area contributed by atoms with Crippen molar-refractivity contribution in [3.8, 4) is 0 Å². The second-order valence-corrected chi connectivity index (χ2v) is 6.77. The third kappa shape index (κ3) is 6.71. The topological polar surface area (TPSA) is 66.0 Å². The zero-order chi connectivity index (χ0) is 18.1. The Morgan fingerprint density at radius 1 is 1.17 bits per heavy atom. The molecular weight excluding hydrogens is 302 g/mol. The Kier molecular flexibility index (Phi) is 8.47. The van der Waals surface area contributed by atoms with E-state index < -0.39 is 0 Å². The van der Waals surface area contributed by atoms with E-state index in [0.717, 1.165) is 12.8 Å². The molecule has 24 heavy (non-hydrogen) atoms. The summed E-state index contributed by atoms with van der Waals surface area (Å²) in [5.74, 6) is 0.201. The van der Waals surface area contributed by atoms with Gasteiger partial charge in [-0.1, -0.05) is 51.5 Å². The van der Waals surface area contributed by atoms with Gasteiger partial charge in [0.15, 0.2) is 6.54 Å². The molecule has 0 saturated heterocycles. The Hall–Kier alpha value is -1.88. The quantitative estimate of drug-likeness (QED) is 0.710. The van der Waals surface area contributed by atoms with E-state index in [1.54, 1.807) is 14.1 Å². The van der Waals surface area contributed by atoms with Gasteiger partial charge in [0.05, 0.1) is 6.54 Å². The molecule has 0 heterocycles. The number of nitrogens with zero attached hydrogens (tertiary/aromatic N) is 1. The number of hydrogen-bond donors (Lipinski definition) is 2. The average molecular weight is 334 g/mol. The Morgan fingerprint density at radius 2 is 1.79 bits per heavy atom. The average Bonchev–Trinajstić information content (AvgIpc) is 2.54. The highest BCUT2D eigenvalue weighted by molar-refractivity contribution is 5.84. The van der Waals surface area contributed by atoms with Crippen LogP contribution in [0.3, 0.4) is 0 Å². The van der Waals surface area contributed by atoms with Crippen LogP contribution in [-0.4, -0.2) is 43.9 Å². The predicted octanol–water partition coefficient (Wildman–Crippen LogP) is 1.10. The molecule has 0 bridgehead atoms. The lowest BCUT2D eigenvalue weighted by Gasteiger charge is -2.20. The zero-order valence-corrected chi connectivity index (χ0v) is 15.6. The van der Waals surface area contributed by atoms with Gasteiger partial charge >= 0.3 is 0 Å². The number of nitrogens with two attached hydrogens (primary N) is 1. The molecule has 0 spiro atoms. The second-order valence-electron chi connectivity index (χ2n) is 6.77. The van der Waals surface area contributed by atoms with E-state index in [2.05, 4.69) is 55.7 Å². The summed E-state index contributed by atoms with van der Waals surface area (Å²) in [5.41, 5.74) is 2.59. The Morgan fingerprint density at radius 3 is 2.29 bits per heavy atom. The van der Waals surface area contributed by atoms with Gasteiger partial charge in [0.1, 0.15) is 6.04 Å². The van der Waals surface area contributed by atoms with E-state index in [1.807, 2.05) is 0 Å². The first kappa shape index (κ1) is 20.2. The number of likely N-dealkylation sites (N-methyl/N-ethyl adjacent to an activating group) is 1. The number of hydrogen-bond acceptors (Lipinski definition) is 2. The van der Waals surface area contributed by atoms with Crippen molar-refractivity contribution in [2.45, 2.75) is 39.7 Å². The molecule has 0 unspecified atom stereocenters. The lowest BCUT2D eigenvalue weighted by molar-refractivity contribution is -0.692. The Labute approximate surface area is 145 Å². The van der Waals surface area contributed by atoms with Crippen molar-refractivity contribution in [2.24, 2.45) is 5.92 Å². The molecule has 0 aromatic heterocycles. The molecule has 0 aliphatic heterocycles. The molecule has 0 radical (unpaired) electrons. The normalized spacial score (nSPS) is 12.1. The number of quaternary nitrogens is 1. The van der Waals surface area contributed by atoms with Crippen molar-refractivity contribution in [3.63, 3.8) is 0 Å². The van der Waals surface area contributed by atoms with Gasteiger partial charge in [0, 0.05) is 25.6 Å². The van der Waals surface area contributed by atoms with Crippen LogP contribution < -0.4 is 10.6 Å². The van der Waals surface area contributed by atoms with Crippen LogP contribution in [0, 0.1) is 5.92 Å². The summed E-state index contributed by atoms with van der Waals surface area (Å²) in [4.78, 5) is 24.9. The highest BCUT2D eigenvalue weighted by Gasteiger charge is 2.20. The van der Waals surface area contributed by atoms with Crippen molar-refractivity contribution in [2.75, 3.05) is 27.2 Å². The monoisotopic (exact) mass is 334 g/mol. The standard InChI is InChI=1S/C19H31N3O2/c1-6-7-15-8-10-16(11-9-15)19(14(2)3)21-12-17(23)20-13-18(24)22(4)5/h8-11,14,19,21H,6-7,12-13H2,1-5H3,(H,20,23)/p+1/t19-/m1/s1. The van der Waals surface area contributed by atoms with Crippen LogP contribution in [0.15, 0.2) is 24.3 Å². The number of nitrogens with one attached hydrogen (secondary N) is 1. The molecule has 0 saturated carbocycles. The summed E-state index contributed by atoms with van der Waals surface area (Å²) in [7, 11) is 3.36. The maximum absolute atomic E-state index is 12.0. The Bertz CT molecular complexity index is 524. The van der Waals surface area contributed by atoms with Crippen LogP contribution in [0.5, 0.6) is 0 Å². The van der Waals surface area contributed by atoms with E-state index in [9.17, 15) is 9.59 Å². The van der Waals surface area contributed by atoms with E-state index in [4.69, 9.17) is 0 Å². The molecule has 1 aromatic carbocycles. The van der Waals surface area contributed by atoms with Gasteiger partial charge in [-0.05, 0) is 12.0 Å². The third-order valence-corrected chi connectivity index (χ3v) is 4.11. The number of benzene rings is 1. The van der Waals surface area contributed by atoms with Gasteiger partial charge < -0.3 is 15.5 Å². The van der Waals surface area contributed by atoms with E-state index in [0.29, 0.717) is 12.5 Å². The first-order valence-corrected chi connectivity index (χ1v) is 8.74. The molecule has 1 atom stereocenters. The highest BCUT2D eigenvalue weighted by atomic mass is 16.2. The number of carbonyl (C=O) groups excluding carboxylic acids is 2. The van der Waals surface area contributed by atoms with Gasteiger partial charge in [0.2, 0.25) is 5.91 Å². The largest absolute Gasteiger partial charge is 0.347 e. The highest BCUT2D eigenvalue weighted by Crippen LogP contribution is 2.18. The van der Waals surface area contributed by atoms with Crippen LogP contribution in [0.2, 0.25) is 0 Å². The molecule has 5 heteroatoms. The molecule has 134 valence electrons. The number of carbonyl (C=O) groups is 2. The third-order valence-electron chi connectivity index (χ3n) is 4.11. The fourth-order valence-corrected chi connectivity index (χ4v) is 2.63. The molecular formula is C19H32N3O2+. The van der Waals surface area contributed by atoms with Gasteiger partial charge in [0.25, 0.3) is 5.91 Å². The second kappa shape index (κ2) is 10.1. The van der Waals surface area contributed by atoms with Gasteiger partial charge in [-0.25, -0.2) is 0 Å². The maximum Gasteiger partial charge on any atom is 0.275 e. The number of aryl methyl sites for hydroxylation is 1. The molecule has 3 N–H and O–H groups in total. The molecule has 1 aromatic rings. The van der Waals surface area contributed by atoms with Crippen LogP contribution in [0.25, 0.3) is 0 Å². The summed E-state index contributed by atoms with van der Waals surface area (Å²) in [6.07, 6.45) is 2.24. The number of amides is 2. The van der Waals surface area contributed by atoms with Crippen molar-refractivity contribution < 1.29 is 14.9 Å². The van der Waals surface area contributed by atoms with Gasteiger partial charge in [-0.15, -0.1) is 0 Å². The molecule has 0 aliphatic carbocycles. The summed E-state index contributed by atoms with van der Waals surface area (Å²) in [6.45, 7) is 6.87. The fraction of sp³-hybridized carbons (Fsp3) is 0.579. The summed E-state index contributed by atoms with van der Waals surface area (Å²) >= 11 is 0. The molecule has 0 aliphatic rings. The zero-order valence-electron chi connectivity index (χ0n) is 15.6. The van der Waals surface area contributed by atoms with Crippen molar-refractivity contribution in [3.05, 3.63) is 35.4 Å². The maximum atomic E-state index is 12.0. The summed E-state index contributed by atoms with van der Waals surface area (Å²) in [6, 6.07) is 8.92. The minimum atomic E-state index is -0.113. The molecule has 5 nitrogen and oxygen atoms in total. The van der Waals surface area contributed by atoms with Crippen molar-refractivity contribution >= 4 is 11.8 Å². The first-order valence-electron chi connectivity index (χ1n) is 8.74. The smallest absolute Gasteiger partial charge is 0.275 e. The van der Waals surface area contributed by atoms with E-state index >= 15 is 0 Å². The summed E-state index contributed by atoms with van der Waals surface area (Å²) in [5, 5.41) is 4.72. The predicted molar refractivity (Wildman–Crippen MR) is 96.5 cm³/mol. The first-order chi connectivity index (χ1) is 11.3. The van der Waals surface area contributed by atoms with Gasteiger partial charge in [-0.2, -0.15) is 0 Å². The molecule has 1 rings (SSSR count). The van der Waals surface area contributed by atoms with Crippen LogP contribution in [-0.2, 0) is 16.0 Å².